The summed E-state index contributed by atoms with van der Waals surface area (Å²) in [5.74, 6) is 0.795. The number of sulfonamides is 1. The van der Waals surface area contributed by atoms with E-state index in [1.54, 1.807) is 12.1 Å². The number of unbranched alkanes of at least 4 members (excludes halogenated alkanes) is 1. The van der Waals surface area contributed by atoms with Crippen molar-refractivity contribution >= 4 is 27.5 Å². The molecular weight excluding hydrogens is 402 g/mol. The maximum absolute atomic E-state index is 12.4. The van der Waals surface area contributed by atoms with Crippen molar-refractivity contribution in [2.75, 3.05) is 30.3 Å². The van der Waals surface area contributed by atoms with E-state index in [1.165, 1.54) is 18.3 Å². The van der Waals surface area contributed by atoms with Crippen molar-refractivity contribution in [3.8, 4) is 6.07 Å². The number of benzene rings is 1. The molecule has 1 aromatic heterocycles. The topological polar surface area (TPSA) is 132 Å². The van der Waals surface area contributed by atoms with E-state index in [4.69, 9.17) is 0 Å². The van der Waals surface area contributed by atoms with Crippen molar-refractivity contribution in [1.29, 1.82) is 5.26 Å². The predicted octanol–water partition coefficient (Wildman–Crippen LogP) is 2.58. The van der Waals surface area contributed by atoms with E-state index >= 15 is 0 Å². The lowest BCUT2D eigenvalue weighted by atomic mass is 10.3. The first-order valence-electron chi connectivity index (χ1n) is 9.97. The molecule has 4 N–H and O–H groups in total. The molecule has 0 amide bonds. The zero-order valence-electron chi connectivity index (χ0n) is 17.6. The van der Waals surface area contributed by atoms with Crippen LogP contribution in [-0.4, -0.2) is 44.1 Å². The minimum Gasteiger partial charge on any atom is -0.369 e. The van der Waals surface area contributed by atoms with Crippen LogP contribution in [0.2, 0.25) is 0 Å². The highest BCUT2D eigenvalue weighted by molar-refractivity contribution is 7.89. The molecule has 1 heterocycles. The molecule has 0 saturated heterocycles. The van der Waals surface area contributed by atoms with Crippen molar-refractivity contribution < 1.29 is 8.42 Å². The first kappa shape index (κ1) is 23.5. The third-order valence-electron chi connectivity index (χ3n) is 4.12. The van der Waals surface area contributed by atoms with E-state index in [0.717, 1.165) is 12.8 Å². The molecule has 0 spiro atoms. The zero-order valence-corrected chi connectivity index (χ0v) is 18.4. The maximum Gasteiger partial charge on any atom is 0.240 e. The lowest BCUT2D eigenvalue weighted by Crippen LogP contribution is -2.34. The van der Waals surface area contributed by atoms with E-state index in [0.29, 0.717) is 48.7 Å². The van der Waals surface area contributed by atoms with Crippen molar-refractivity contribution in [2.24, 2.45) is 0 Å². The average molecular weight is 432 g/mol. The summed E-state index contributed by atoms with van der Waals surface area (Å²) >= 11 is 0. The van der Waals surface area contributed by atoms with Crippen LogP contribution in [0.1, 0.15) is 39.2 Å². The normalized spacial score (nSPS) is 11.3. The highest BCUT2D eigenvalue weighted by atomic mass is 32.2. The van der Waals surface area contributed by atoms with E-state index in [-0.39, 0.29) is 4.90 Å². The molecule has 30 heavy (non-hydrogen) atoms. The third-order valence-corrected chi connectivity index (χ3v) is 5.60. The predicted molar refractivity (Wildman–Crippen MR) is 118 cm³/mol. The summed E-state index contributed by atoms with van der Waals surface area (Å²) in [5, 5.41) is 18.5. The maximum atomic E-state index is 12.4. The van der Waals surface area contributed by atoms with Gasteiger partial charge in [0, 0.05) is 31.4 Å². The van der Waals surface area contributed by atoms with Gasteiger partial charge in [-0.15, -0.1) is 0 Å². The van der Waals surface area contributed by atoms with E-state index in [9.17, 15) is 13.7 Å². The van der Waals surface area contributed by atoms with Crippen LogP contribution in [0.4, 0.5) is 17.5 Å². The molecule has 0 saturated carbocycles. The van der Waals surface area contributed by atoms with Crippen LogP contribution in [0.5, 0.6) is 0 Å². The molecule has 0 unspecified atom stereocenters. The summed E-state index contributed by atoms with van der Waals surface area (Å²) in [5.41, 5.74) is 1.01. The van der Waals surface area contributed by atoms with Crippen molar-refractivity contribution in [2.45, 2.75) is 44.6 Å². The summed E-state index contributed by atoms with van der Waals surface area (Å²) < 4.78 is 27.3. The number of hydrogen-bond donors (Lipinski definition) is 4. The quantitative estimate of drug-likeness (QED) is 0.377. The van der Waals surface area contributed by atoms with Crippen LogP contribution in [0.25, 0.3) is 0 Å². The molecule has 10 heteroatoms. The average Bonchev–Trinajstić information content (AvgIpc) is 2.72. The van der Waals surface area contributed by atoms with Crippen LogP contribution in [0.15, 0.2) is 35.4 Å². The minimum absolute atomic E-state index is 0.181. The summed E-state index contributed by atoms with van der Waals surface area (Å²) in [4.78, 5) is 8.68. The summed E-state index contributed by atoms with van der Waals surface area (Å²) in [6.45, 7) is 7.67. The fourth-order valence-electron chi connectivity index (χ4n) is 2.52. The molecule has 9 nitrogen and oxygen atoms in total. The molecule has 162 valence electrons. The highest BCUT2D eigenvalue weighted by Gasteiger charge is 2.13. The smallest absolute Gasteiger partial charge is 0.240 e. The summed E-state index contributed by atoms with van der Waals surface area (Å²) in [6.07, 6.45) is 3.45. The van der Waals surface area contributed by atoms with Gasteiger partial charge in [0.25, 0.3) is 0 Å². The number of hydrogen-bond acceptors (Lipinski definition) is 8. The van der Waals surface area contributed by atoms with Gasteiger partial charge in [-0.05, 0) is 30.7 Å². The molecule has 2 aromatic rings. The molecular formula is C20H29N7O2S. The van der Waals surface area contributed by atoms with Gasteiger partial charge in [0.15, 0.2) is 0 Å². The minimum atomic E-state index is -3.57. The van der Waals surface area contributed by atoms with Gasteiger partial charge in [0.05, 0.1) is 11.1 Å². The number of rotatable bonds is 12. The van der Waals surface area contributed by atoms with Crippen LogP contribution in [0, 0.1) is 11.3 Å². The second kappa shape index (κ2) is 11.4. The van der Waals surface area contributed by atoms with Gasteiger partial charge in [-0.25, -0.2) is 18.1 Å². The Morgan fingerprint density at radius 1 is 1.13 bits per heavy atom. The zero-order chi connectivity index (χ0) is 22.0. The Balaban J connectivity index is 2.03. The second-order valence-electron chi connectivity index (χ2n) is 7.00. The number of anilines is 3. The fourth-order valence-corrected chi connectivity index (χ4v) is 3.55. The Bertz CT molecular complexity index is 954. The summed E-state index contributed by atoms with van der Waals surface area (Å²) in [6, 6.07) is 8.70. The van der Waals surface area contributed by atoms with Gasteiger partial charge in [-0.3, -0.25) is 0 Å². The van der Waals surface area contributed by atoms with Crippen LogP contribution in [0.3, 0.4) is 0 Å². The molecule has 2 rings (SSSR count). The van der Waals surface area contributed by atoms with E-state index in [1.807, 2.05) is 13.8 Å². The third kappa shape index (κ3) is 7.26. The molecule has 0 fully saturated rings. The molecule has 0 aliphatic carbocycles. The van der Waals surface area contributed by atoms with Gasteiger partial charge < -0.3 is 16.0 Å². The molecule has 1 aromatic carbocycles. The summed E-state index contributed by atoms with van der Waals surface area (Å²) in [7, 11) is -3.57. The molecule has 0 bridgehead atoms. The fraction of sp³-hybridized carbons (Fsp3) is 0.450. The molecule has 0 radical (unpaired) electrons. The Kier molecular flexibility index (Phi) is 8.98. The highest BCUT2D eigenvalue weighted by Crippen LogP contribution is 2.19. The lowest BCUT2D eigenvalue weighted by Gasteiger charge is -2.11. The van der Waals surface area contributed by atoms with Gasteiger partial charge >= 0.3 is 0 Å². The van der Waals surface area contributed by atoms with Crippen molar-refractivity contribution in [3.05, 3.63) is 36.0 Å². The van der Waals surface area contributed by atoms with Gasteiger partial charge in [-0.1, -0.05) is 27.2 Å². The standard InChI is InChI=1S/C20H29N7O2S/c1-4-5-10-23-19-16(13-21)14-24-20(27-19)26-17-6-8-18(9-7-17)30(28,29)25-12-11-22-15(2)3/h6-9,14-15,22,25H,4-5,10-12H2,1-3H3,(H2,23,24,26,27). The first-order valence-corrected chi connectivity index (χ1v) is 11.4. The molecule has 0 aliphatic heterocycles. The Morgan fingerprint density at radius 3 is 2.50 bits per heavy atom. The number of nitrogens with zero attached hydrogens (tertiary/aromatic N) is 3. The van der Waals surface area contributed by atoms with Crippen LogP contribution in [-0.2, 0) is 10.0 Å². The van der Waals surface area contributed by atoms with Crippen molar-refractivity contribution in [1.82, 2.24) is 20.0 Å². The van der Waals surface area contributed by atoms with Gasteiger partial charge in [0.2, 0.25) is 16.0 Å². The lowest BCUT2D eigenvalue weighted by molar-refractivity contribution is 0.559. The molecule has 0 aliphatic rings. The van der Waals surface area contributed by atoms with Gasteiger partial charge in [-0.2, -0.15) is 10.2 Å². The number of nitrogens with one attached hydrogen (secondary N) is 4. The monoisotopic (exact) mass is 431 g/mol. The van der Waals surface area contributed by atoms with Crippen LogP contribution >= 0.6 is 0 Å². The SMILES string of the molecule is CCCCNc1nc(Nc2ccc(S(=O)(=O)NCCNC(C)C)cc2)ncc1C#N. The largest absolute Gasteiger partial charge is 0.369 e. The Hall–Kier alpha value is -2.74. The Labute approximate surface area is 178 Å². The van der Waals surface area contributed by atoms with E-state index in [2.05, 4.69) is 43.6 Å². The van der Waals surface area contributed by atoms with Crippen LogP contribution < -0.4 is 20.7 Å². The number of nitriles is 1. The second-order valence-corrected chi connectivity index (χ2v) is 8.77. The Morgan fingerprint density at radius 2 is 1.87 bits per heavy atom. The van der Waals surface area contributed by atoms with Crippen molar-refractivity contribution in [3.63, 3.8) is 0 Å². The first-order chi connectivity index (χ1) is 14.4. The number of aromatic nitrogens is 2. The van der Waals surface area contributed by atoms with Gasteiger partial charge in [0.1, 0.15) is 17.5 Å². The van der Waals surface area contributed by atoms with E-state index < -0.39 is 10.0 Å². The molecule has 0 atom stereocenters.